The third-order valence-corrected chi connectivity index (χ3v) is 2.45. The Morgan fingerprint density at radius 3 is 2.67 bits per heavy atom. The first kappa shape index (κ1) is 14.3. The molecule has 0 aliphatic heterocycles. The number of carbonyl (C=O) groups is 2. The number of nitrogens with one attached hydrogen (secondary N) is 3. The Morgan fingerprint density at radius 2 is 2.06 bits per heavy atom. The molecule has 5 nitrogen and oxygen atoms in total. The highest BCUT2D eigenvalue weighted by Crippen LogP contribution is 2.19. The summed E-state index contributed by atoms with van der Waals surface area (Å²) in [6.07, 6.45) is 0. The molecule has 0 unspecified atom stereocenters. The predicted octanol–water partition coefficient (Wildman–Crippen LogP) is 1.91. The Kier molecular flexibility index (Phi) is 5.45. The van der Waals surface area contributed by atoms with Crippen LogP contribution in [0.5, 0.6) is 0 Å². The highest BCUT2D eigenvalue weighted by Gasteiger charge is 2.06. The number of rotatable bonds is 4. The smallest absolute Gasteiger partial charge is 0.321 e. The van der Waals surface area contributed by atoms with E-state index < -0.39 is 11.9 Å². The van der Waals surface area contributed by atoms with Crippen LogP contribution in [0.2, 0.25) is 5.02 Å². The second-order valence-electron chi connectivity index (χ2n) is 3.72. The number of hydrogen-bond donors (Lipinski definition) is 3. The van der Waals surface area contributed by atoms with Gasteiger partial charge in [0.25, 0.3) is 0 Å². The fraction of sp³-hybridized carbons (Fsp3) is 0.333. The average Bonchev–Trinajstić information content (AvgIpc) is 2.28. The van der Waals surface area contributed by atoms with Crippen LogP contribution in [0.25, 0.3) is 0 Å². The normalized spacial score (nSPS) is 9.72. The van der Waals surface area contributed by atoms with Gasteiger partial charge in [-0.25, -0.2) is 4.79 Å². The van der Waals surface area contributed by atoms with Crippen LogP contribution in [-0.2, 0) is 4.79 Å². The highest BCUT2D eigenvalue weighted by atomic mass is 35.5. The van der Waals surface area contributed by atoms with Crippen LogP contribution in [-0.4, -0.2) is 25.0 Å². The number of urea groups is 1. The number of aryl methyl sites for hydroxylation is 1. The number of carbonyl (C=O) groups excluding carboxylic acids is 2. The lowest BCUT2D eigenvalue weighted by Gasteiger charge is -2.09. The molecule has 6 heteroatoms. The second kappa shape index (κ2) is 6.86. The van der Waals surface area contributed by atoms with Gasteiger partial charge < -0.3 is 10.6 Å². The molecule has 0 radical (unpaired) electrons. The minimum Gasteiger partial charge on any atom is -0.376 e. The molecule has 18 heavy (non-hydrogen) atoms. The maximum Gasteiger partial charge on any atom is 0.321 e. The third kappa shape index (κ3) is 4.63. The Labute approximate surface area is 111 Å². The number of anilines is 1. The molecule has 0 spiro atoms. The van der Waals surface area contributed by atoms with Gasteiger partial charge in [-0.1, -0.05) is 11.6 Å². The summed E-state index contributed by atoms with van der Waals surface area (Å²) in [4.78, 5) is 22.5. The summed E-state index contributed by atoms with van der Waals surface area (Å²) in [7, 11) is 0. The topological polar surface area (TPSA) is 70.2 Å². The van der Waals surface area contributed by atoms with E-state index in [-0.39, 0.29) is 6.54 Å². The molecule has 3 amide bonds. The van der Waals surface area contributed by atoms with Gasteiger partial charge in [0, 0.05) is 17.3 Å². The van der Waals surface area contributed by atoms with E-state index in [9.17, 15) is 9.59 Å². The third-order valence-electron chi connectivity index (χ3n) is 2.22. The standard InChI is InChI=1S/C12H16ClN3O2/c1-3-14-12(18)16-11(17)7-15-10-5-4-9(13)6-8(10)2/h4-6,15H,3,7H2,1-2H3,(H2,14,16,17,18). The first-order chi connectivity index (χ1) is 8.52. The van der Waals surface area contributed by atoms with Gasteiger partial charge in [-0.2, -0.15) is 0 Å². The number of amides is 3. The largest absolute Gasteiger partial charge is 0.376 e. The van der Waals surface area contributed by atoms with Gasteiger partial charge in [0.2, 0.25) is 5.91 Å². The van der Waals surface area contributed by atoms with Gasteiger partial charge in [0.05, 0.1) is 6.54 Å². The van der Waals surface area contributed by atoms with Crippen molar-refractivity contribution >= 4 is 29.2 Å². The fourth-order valence-electron chi connectivity index (χ4n) is 1.38. The molecule has 1 aromatic rings. The summed E-state index contributed by atoms with van der Waals surface area (Å²) < 4.78 is 0. The maximum atomic E-state index is 11.4. The zero-order chi connectivity index (χ0) is 13.5. The molecule has 0 saturated heterocycles. The van der Waals surface area contributed by atoms with Crippen LogP contribution in [0.3, 0.4) is 0 Å². The van der Waals surface area contributed by atoms with E-state index >= 15 is 0 Å². The molecule has 0 fully saturated rings. The van der Waals surface area contributed by atoms with Crippen molar-refractivity contribution in [3.05, 3.63) is 28.8 Å². The van der Waals surface area contributed by atoms with Crippen LogP contribution in [0.1, 0.15) is 12.5 Å². The van der Waals surface area contributed by atoms with Crippen molar-refractivity contribution in [1.29, 1.82) is 0 Å². The van der Waals surface area contributed by atoms with Crippen molar-refractivity contribution in [2.24, 2.45) is 0 Å². The maximum absolute atomic E-state index is 11.4. The summed E-state index contributed by atoms with van der Waals surface area (Å²) >= 11 is 5.82. The Balaban J connectivity index is 2.45. The van der Waals surface area contributed by atoms with E-state index in [1.165, 1.54) is 0 Å². The molecule has 0 aromatic heterocycles. The zero-order valence-electron chi connectivity index (χ0n) is 10.3. The Morgan fingerprint density at radius 1 is 1.33 bits per heavy atom. The van der Waals surface area contributed by atoms with E-state index in [4.69, 9.17) is 11.6 Å². The second-order valence-corrected chi connectivity index (χ2v) is 4.16. The van der Waals surface area contributed by atoms with Crippen molar-refractivity contribution in [1.82, 2.24) is 10.6 Å². The van der Waals surface area contributed by atoms with Crippen LogP contribution in [0, 0.1) is 6.92 Å². The summed E-state index contributed by atoms with van der Waals surface area (Å²) in [5.74, 6) is -0.393. The lowest BCUT2D eigenvalue weighted by Crippen LogP contribution is -2.41. The number of imide groups is 1. The minimum absolute atomic E-state index is 0.0274. The molecule has 0 aliphatic carbocycles. The minimum atomic E-state index is -0.489. The fourth-order valence-corrected chi connectivity index (χ4v) is 1.60. The molecule has 3 N–H and O–H groups in total. The van der Waals surface area contributed by atoms with Crippen LogP contribution in [0.4, 0.5) is 10.5 Å². The number of benzene rings is 1. The summed E-state index contributed by atoms with van der Waals surface area (Å²) in [6, 6.07) is 4.83. The van der Waals surface area contributed by atoms with Crippen LogP contribution >= 0.6 is 11.6 Å². The van der Waals surface area contributed by atoms with Crippen molar-refractivity contribution in [3.63, 3.8) is 0 Å². The monoisotopic (exact) mass is 269 g/mol. The summed E-state index contributed by atoms with van der Waals surface area (Å²) in [5.41, 5.74) is 1.75. The van der Waals surface area contributed by atoms with E-state index in [2.05, 4.69) is 16.0 Å². The average molecular weight is 270 g/mol. The molecule has 1 rings (SSSR count). The van der Waals surface area contributed by atoms with Gasteiger partial charge in [0.1, 0.15) is 0 Å². The zero-order valence-corrected chi connectivity index (χ0v) is 11.1. The Bertz CT molecular complexity index is 449. The van der Waals surface area contributed by atoms with Crippen LogP contribution in [0.15, 0.2) is 18.2 Å². The SMILES string of the molecule is CCNC(=O)NC(=O)CNc1ccc(Cl)cc1C. The van der Waals surface area contributed by atoms with Crippen LogP contribution < -0.4 is 16.0 Å². The van der Waals surface area contributed by atoms with Gasteiger partial charge >= 0.3 is 6.03 Å². The van der Waals surface area contributed by atoms with Crippen molar-refractivity contribution in [2.45, 2.75) is 13.8 Å². The number of hydrogen-bond acceptors (Lipinski definition) is 3. The predicted molar refractivity (Wildman–Crippen MR) is 71.9 cm³/mol. The lowest BCUT2D eigenvalue weighted by atomic mass is 10.2. The van der Waals surface area contributed by atoms with Gasteiger partial charge in [-0.15, -0.1) is 0 Å². The summed E-state index contributed by atoms with van der Waals surface area (Å²) in [5, 5.41) is 8.26. The molecule has 0 aliphatic rings. The molecule has 0 atom stereocenters. The number of halogens is 1. The first-order valence-corrected chi connectivity index (χ1v) is 5.98. The quantitative estimate of drug-likeness (QED) is 0.782. The highest BCUT2D eigenvalue weighted by molar-refractivity contribution is 6.30. The van der Waals surface area contributed by atoms with Crippen molar-refractivity contribution in [3.8, 4) is 0 Å². The molecular weight excluding hydrogens is 254 g/mol. The molecule has 0 bridgehead atoms. The van der Waals surface area contributed by atoms with Crippen molar-refractivity contribution in [2.75, 3.05) is 18.4 Å². The molecule has 0 saturated carbocycles. The van der Waals surface area contributed by atoms with Gasteiger partial charge in [-0.3, -0.25) is 10.1 Å². The summed E-state index contributed by atoms with van der Waals surface area (Å²) in [6.45, 7) is 4.16. The molecule has 0 heterocycles. The molecule has 98 valence electrons. The lowest BCUT2D eigenvalue weighted by molar-refractivity contribution is -0.118. The molecular formula is C12H16ClN3O2. The van der Waals surface area contributed by atoms with E-state index in [0.717, 1.165) is 11.3 Å². The van der Waals surface area contributed by atoms with E-state index in [1.807, 2.05) is 6.92 Å². The molecule has 1 aromatic carbocycles. The van der Waals surface area contributed by atoms with Gasteiger partial charge in [-0.05, 0) is 37.6 Å². The van der Waals surface area contributed by atoms with Crippen molar-refractivity contribution < 1.29 is 9.59 Å². The first-order valence-electron chi connectivity index (χ1n) is 5.60. The Hall–Kier alpha value is -1.75. The van der Waals surface area contributed by atoms with Gasteiger partial charge in [0.15, 0.2) is 0 Å². The van der Waals surface area contributed by atoms with E-state index in [0.29, 0.717) is 11.6 Å². The van der Waals surface area contributed by atoms with E-state index in [1.54, 1.807) is 25.1 Å².